The number of para-hydroxylation sites is 1. The molecule has 2 N–H and O–H groups in total. The molecule has 0 heterocycles. The van der Waals surface area contributed by atoms with Crippen LogP contribution in [-0.4, -0.2) is 20.6 Å². The Labute approximate surface area is 134 Å². The van der Waals surface area contributed by atoms with Crippen molar-refractivity contribution < 1.29 is 8.42 Å². The molecule has 0 amide bonds. The quantitative estimate of drug-likeness (QED) is 0.664. The van der Waals surface area contributed by atoms with E-state index in [1.54, 1.807) is 36.4 Å². The molecule has 2 rings (SSSR count). The van der Waals surface area contributed by atoms with Crippen molar-refractivity contribution in [3.8, 4) is 0 Å². The highest BCUT2D eigenvalue weighted by Gasteiger charge is 2.13. The molecule has 114 valence electrons. The van der Waals surface area contributed by atoms with Crippen LogP contribution in [0.4, 0.5) is 11.4 Å². The van der Waals surface area contributed by atoms with Gasteiger partial charge in [-0.2, -0.15) is 5.11 Å². The SMILES string of the molecule is CN=NC(=S)Nc1ccc(S(=O)(=O)Nc2ccccc2)cc1. The Balaban J connectivity index is 2.14. The zero-order chi connectivity index (χ0) is 16.0. The Hall–Kier alpha value is -2.32. The fourth-order valence-corrected chi connectivity index (χ4v) is 2.94. The highest BCUT2D eigenvalue weighted by atomic mass is 32.2. The highest BCUT2D eigenvalue weighted by Crippen LogP contribution is 2.18. The third kappa shape index (κ3) is 4.34. The Kier molecular flexibility index (Phi) is 5.18. The van der Waals surface area contributed by atoms with E-state index in [1.165, 1.54) is 19.2 Å². The van der Waals surface area contributed by atoms with Gasteiger partial charge in [0.25, 0.3) is 10.0 Å². The first-order valence-electron chi connectivity index (χ1n) is 6.30. The number of anilines is 2. The lowest BCUT2D eigenvalue weighted by Crippen LogP contribution is -2.13. The number of sulfonamides is 1. The van der Waals surface area contributed by atoms with Gasteiger partial charge in [0.05, 0.1) is 4.90 Å². The number of rotatable bonds is 4. The number of thiocarbonyl (C=S) groups is 1. The van der Waals surface area contributed by atoms with Crippen molar-refractivity contribution in [2.75, 3.05) is 17.1 Å². The van der Waals surface area contributed by atoms with E-state index in [0.717, 1.165) is 0 Å². The van der Waals surface area contributed by atoms with Crippen LogP contribution in [0.5, 0.6) is 0 Å². The minimum Gasteiger partial charge on any atom is -0.330 e. The molecule has 0 spiro atoms. The van der Waals surface area contributed by atoms with Gasteiger partial charge in [0, 0.05) is 18.4 Å². The predicted octanol–water partition coefficient (Wildman–Crippen LogP) is 3.27. The van der Waals surface area contributed by atoms with E-state index in [9.17, 15) is 8.42 Å². The second-order valence-electron chi connectivity index (χ2n) is 4.23. The molecule has 0 fully saturated rings. The van der Waals surface area contributed by atoms with Crippen molar-refractivity contribution >= 4 is 38.7 Å². The van der Waals surface area contributed by atoms with Crippen LogP contribution in [0.1, 0.15) is 0 Å². The molecule has 0 bridgehead atoms. The van der Waals surface area contributed by atoms with Gasteiger partial charge in [0.1, 0.15) is 0 Å². The summed E-state index contributed by atoms with van der Waals surface area (Å²) in [6.07, 6.45) is 0. The molecular weight excluding hydrogens is 320 g/mol. The van der Waals surface area contributed by atoms with E-state index in [4.69, 9.17) is 12.2 Å². The minimum atomic E-state index is -3.62. The molecular formula is C14H14N4O2S2. The van der Waals surface area contributed by atoms with Gasteiger partial charge < -0.3 is 5.32 Å². The molecule has 22 heavy (non-hydrogen) atoms. The summed E-state index contributed by atoms with van der Waals surface area (Å²) in [7, 11) is -2.11. The van der Waals surface area contributed by atoms with Gasteiger partial charge in [-0.15, -0.1) is 5.11 Å². The van der Waals surface area contributed by atoms with E-state index in [-0.39, 0.29) is 10.0 Å². The summed E-state index contributed by atoms with van der Waals surface area (Å²) in [5, 5.41) is 10.2. The number of hydrogen-bond acceptors (Lipinski definition) is 4. The van der Waals surface area contributed by atoms with Crippen molar-refractivity contribution in [1.29, 1.82) is 0 Å². The van der Waals surface area contributed by atoms with Crippen molar-refractivity contribution in [1.82, 2.24) is 0 Å². The first kappa shape index (κ1) is 16.1. The summed E-state index contributed by atoms with van der Waals surface area (Å²) in [6.45, 7) is 0. The smallest absolute Gasteiger partial charge is 0.261 e. The van der Waals surface area contributed by atoms with Crippen LogP contribution in [-0.2, 0) is 10.0 Å². The summed E-state index contributed by atoms with van der Waals surface area (Å²) in [5.74, 6) is 0. The number of nitrogens with zero attached hydrogens (tertiary/aromatic N) is 2. The maximum atomic E-state index is 12.2. The Bertz CT molecular complexity index is 772. The number of hydrogen-bond donors (Lipinski definition) is 2. The van der Waals surface area contributed by atoms with E-state index >= 15 is 0 Å². The van der Waals surface area contributed by atoms with Crippen molar-refractivity contribution in [2.45, 2.75) is 4.90 Å². The molecule has 0 aliphatic rings. The molecule has 0 unspecified atom stereocenters. The molecule has 8 heteroatoms. The van der Waals surface area contributed by atoms with Crippen LogP contribution in [0.3, 0.4) is 0 Å². The van der Waals surface area contributed by atoms with Crippen molar-refractivity contribution in [2.24, 2.45) is 10.2 Å². The largest absolute Gasteiger partial charge is 0.330 e. The summed E-state index contributed by atoms with van der Waals surface area (Å²) < 4.78 is 27.0. The lowest BCUT2D eigenvalue weighted by molar-refractivity contribution is 0.601. The normalized spacial score (nSPS) is 11.3. The number of azo groups is 1. The van der Waals surface area contributed by atoms with Gasteiger partial charge in [0.2, 0.25) is 5.11 Å². The zero-order valence-corrected chi connectivity index (χ0v) is 13.4. The lowest BCUT2D eigenvalue weighted by atomic mass is 10.3. The first-order valence-corrected chi connectivity index (χ1v) is 8.19. The monoisotopic (exact) mass is 334 g/mol. The zero-order valence-electron chi connectivity index (χ0n) is 11.7. The standard InChI is InChI=1S/C14H14N4O2S2/c1-15-17-14(21)16-11-7-9-13(10-8-11)22(19,20)18-12-5-3-2-4-6-12/h2-10,18H,1H3,(H,16,21). The van der Waals surface area contributed by atoms with Gasteiger partial charge in [-0.05, 0) is 48.6 Å². The summed E-state index contributed by atoms with van der Waals surface area (Å²) in [4.78, 5) is 0.157. The van der Waals surface area contributed by atoms with Crippen LogP contribution in [0.25, 0.3) is 0 Å². The van der Waals surface area contributed by atoms with Gasteiger partial charge in [-0.1, -0.05) is 18.2 Å². The Morgan fingerprint density at radius 3 is 2.23 bits per heavy atom. The number of nitrogens with one attached hydrogen (secondary N) is 2. The predicted molar refractivity (Wildman–Crippen MR) is 90.7 cm³/mol. The van der Waals surface area contributed by atoms with Gasteiger partial charge in [0.15, 0.2) is 0 Å². The fourth-order valence-electron chi connectivity index (χ4n) is 1.68. The molecule has 2 aromatic carbocycles. The van der Waals surface area contributed by atoms with E-state index < -0.39 is 10.0 Å². The Morgan fingerprint density at radius 2 is 1.64 bits per heavy atom. The molecule has 2 aromatic rings. The minimum absolute atomic E-state index is 0.157. The molecule has 6 nitrogen and oxygen atoms in total. The lowest BCUT2D eigenvalue weighted by Gasteiger charge is -2.09. The second kappa shape index (κ2) is 7.10. The van der Waals surface area contributed by atoms with E-state index in [0.29, 0.717) is 11.4 Å². The maximum Gasteiger partial charge on any atom is 0.261 e. The molecule has 0 saturated carbocycles. The molecule has 0 aromatic heterocycles. The maximum absolute atomic E-state index is 12.2. The van der Waals surface area contributed by atoms with E-state index in [2.05, 4.69) is 20.3 Å². The van der Waals surface area contributed by atoms with Gasteiger partial charge in [-0.3, -0.25) is 4.72 Å². The molecule has 0 aliphatic heterocycles. The molecule has 0 atom stereocenters. The fraction of sp³-hybridized carbons (Fsp3) is 0.0714. The summed E-state index contributed by atoms with van der Waals surface area (Å²) >= 11 is 4.93. The van der Waals surface area contributed by atoms with E-state index in [1.807, 2.05) is 6.07 Å². The van der Waals surface area contributed by atoms with Crippen LogP contribution in [0.2, 0.25) is 0 Å². The average molecular weight is 334 g/mol. The van der Waals surface area contributed by atoms with Gasteiger partial charge >= 0.3 is 0 Å². The molecule has 0 saturated heterocycles. The molecule has 0 radical (unpaired) electrons. The highest BCUT2D eigenvalue weighted by molar-refractivity contribution is 7.92. The van der Waals surface area contributed by atoms with Crippen LogP contribution in [0.15, 0.2) is 69.7 Å². The van der Waals surface area contributed by atoms with Crippen LogP contribution < -0.4 is 10.0 Å². The third-order valence-electron chi connectivity index (χ3n) is 2.63. The Morgan fingerprint density at radius 1 is 1.00 bits per heavy atom. The first-order chi connectivity index (χ1) is 10.5. The molecule has 0 aliphatic carbocycles. The second-order valence-corrected chi connectivity index (χ2v) is 6.30. The average Bonchev–Trinajstić information content (AvgIpc) is 2.48. The number of benzene rings is 2. The van der Waals surface area contributed by atoms with Crippen LogP contribution >= 0.6 is 12.2 Å². The van der Waals surface area contributed by atoms with Crippen molar-refractivity contribution in [3.63, 3.8) is 0 Å². The van der Waals surface area contributed by atoms with Crippen molar-refractivity contribution in [3.05, 3.63) is 54.6 Å². The summed E-state index contributed by atoms with van der Waals surface area (Å²) in [5.41, 5.74) is 1.14. The summed E-state index contributed by atoms with van der Waals surface area (Å²) in [6, 6.07) is 14.9. The topological polar surface area (TPSA) is 82.9 Å². The third-order valence-corrected chi connectivity index (χ3v) is 4.21. The van der Waals surface area contributed by atoms with Gasteiger partial charge in [-0.25, -0.2) is 8.42 Å². The van der Waals surface area contributed by atoms with Crippen LogP contribution in [0, 0.1) is 0 Å².